The first kappa shape index (κ1) is 24.6. The highest BCUT2D eigenvalue weighted by Crippen LogP contribution is 2.35. The van der Waals surface area contributed by atoms with Gasteiger partial charge in [0.05, 0.1) is 17.0 Å². The van der Waals surface area contributed by atoms with Gasteiger partial charge in [-0.15, -0.1) is 0 Å². The lowest BCUT2D eigenvalue weighted by molar-refractivity contribution is -0.137. The van der Waals surface area contributed by atoms with Crippen molar-refractivity contribution in [1.29, 1.82) is 0 Å². The van der Waals surface area contributed by atoms with Gasteiger partial charge in [-0.1, -0.05) is 54.6 Å². The third kappa shape index (κ3) is 5.76. The minimum atomic E-state index is -4.17. The van der Waals surface area contributed by atoms with Crippen molar-refractivity contribution >= 4 is 38.9 Å². The summed E-state index contributed by atoms with van der Waals surface area (Å²) in [4.78, 5) is 28.6. The summed E-state index contributed by atoms with van der Waals surface area (Å²) in [5.41, 5.74) is 1.35. The molecule has 0 saturated carbocycles. The smallest absolute Gasteiger partial charge is 0.305 e. The average molecular weight is 502 g/mol. The summed E-state index contributed by atoms with van der Waals surface area (Å²) in [7, 11) is -4.17. The quantitative estimate of drug-likeness (QED) is 0.292. The normalized spacial score (nSPS) is 11.9. The maximum atomic E-state index is 13.6. The van der Waals surface area contributed by atoms with Gasteiger partial charge in [-0.3, -0.25) is 9.59 Å². The zero-order valence-corrected chi connectivity index (χ0v) is 19.9. The van der Waals surface area contributed by atoms with Gasteiger partial charge in [-0.2, -0.15) is 0 Å². The second-order valence-corrected chi connectivity index (χ2v) is 10.0. The number of aromatic nitrogens is 1. The van der Waals surface area contributed by atoms with E-state index in [1.165, 1.54) is 18.2 Å². The first-order valence-electron chi connectivity index (χ1n) is 11.0. The van der Waals surface area contributed by atoms with E-state index in [0.717, 1.165) is 0 Å². The number of carboxylic acid groups (broad SMARTS) is 1. The van der Waals surface area contributed by atoms with Crippen LogP contribution in [0.15, 0.2) is 108 Å². The number of para-hydroxylation sites is 1. The van der Waals surface area contributed by atoms with Gasteiger partial charge in [0, 0.05) is 17.4 Å². The molecule has 3 aromatic carbocycles. The highest BCUT2D eigenvalue weighted by molar-refractivity contribution is 7.91. The first-order valence-corrected chi connectivity index (χ1v) is 12.6. The van der Waals surface area contributed by atoms with Gasteiger partial charge in [0.1, 0.15) is 11.1 Å². The maximum Gasteiger partial charge on any atom is 0.305 e. The second-order valence-electron chi connectivity index (χ2n) is 7.91. The van der Waals surface area contributed by atoms with Crippen molar-refractivity contribution in [2.75, 3.05) is 10.6 Å². The number of aliphatic carboxylic acids is 1. The molecule has 0 spiro atoms. The Kier molecular flexibility index (Phi) is 7.41. The van der Waals surface area contributed by atoms with Crippen LogP contribution in [-0.2, 0) is 14.6 Å². The molecule has 0 fully saturated rings. The molecule has 0 radical (unpaired) electrons. The van der Waals surface area contributed by atoms with Crippen LogP contribution < -0.4 is 10.6 Å². The Balaban J connectivity index is 1.63. The molecule has 0 saturated heterocycles. The Morgan fingerprint density at radius 2 is 1.58 bits per heavy atom. The van der Waals surface area contributed by atoms with Crippen molar-refractivity contribution in [2.45, 2.75) is 16.6 Å². The van der Waals surface area contributed by atoms with E-state index < -0.39 is 33.4 Å². The van der Waals surface area contributed by atoms with Crippen LogP contribution in [0.25, 0.3) is 0 Å². The fourth-order valence-electron chi connectivity index (χ4n) is 3.72. The van der Waals surface area contributed by atoms with Crippen LogP contribution in [-0.4, -0.2) is 30.4 Å². The molecular formula is C27H23N3O5S. The Labute approximate surface area is 208 Å². The molecule has 0 bridgehead atoms. The molecule has 182 valence electrons. The number of carbonyl (C=O) groups excluding carboxylic acids is 1. The van der Waals surface area contributed by atoms with E-state index >= 15 is 0 Å². The zero-order chi connectivity index (χ0) is 25.5. The molecule has 3 N–H and O–H groups in total. The van der Waals surface area contributed by atoms with Gasteiger partial charge >= 0.3 is 5.97 Å². The van der Waals surface area contributed by atoms with E-state index in [9.17, 15) is 23.1 Å². The lowest BCUT2D eigenvalue weighted by atomic mass is 10.1. The average Bonchev–Trinajstić information content (AvgIpc) is 2.88. The van der Waals surface area contributed by atoms with E-state index in [0.29, 0.717) is 22.6 Å². The Hall–Kier alpha value is -4.50. The van der Waals surface area contributed by atoms with Gasteiger partial charge in [-0.05, 0) is 48.0 Å². The molecule has 1 unspecified atom stereocenters. The van der Waals surface area contributed by atoms with Gasteiger partial charge < -0.3 is 15.7 Å². The maximum absolute atomic E-state index is 13.6. The van der Waals surface area contributed by atoms with E-state index in [1.807, 2.05) is 6.07 Å². The number of hydrogen-bond donors (Lipinski definition) is 3. The molecule has 1 aromatic heterocycles. The molecule has 4 aromatic rings. The molecule has 4 rings (SSSR count). The van der Waals surface area contributed by atoms with Gasteiger partial charge in [0.25, 0.3) is 5.91 Å². The number of sulfone groups is 1. The highest BCUT2D eigenvalue weighted by Gasteiger charge is 2.33. The summed E-state index contributed by atoms with van der Waals surface area (Å²) in [6.07, 6.45) is 1.03. The molecule has 1 amide bonds. The molecule has 0 aliphatic carbocycles. The summed E-state index contributed by atoms with van der Waals surface area (Å²) in [5, 5.41) is 13.9. The molecule has 0 aliphatic rings. The predicted molar refractivity (Wildman–Crippen MR) is 137 cm³/mol. The van der Waals surface area contributed by atoms with Gasteiger partial charge in [-0.25, -0.2) is 13.4 Å². The minimum absolute atomic E-state index is 0.0666. The lowest BCUT2D eigenvalue weighted by Crippen LogP contribution is -2.20. The van der Waals surface area contributed by atoms with Crippen molar-refractivity contribution in [1.82, 2.24) is 4.98 Å². The van der Waals surface area contributed by atoms with Crippen LogP contribution in [0.1, 0.15) is 27.6 Å². The number of rotatable bonds is 9. The number of anilines is 3. The molecule has 1 atom stereocenters. The second kappa shape index (κ2) is 10.8. The van der Waals surface area contributed by atoms with Crippen LogP contribution in [0.3, 0.4) is 0 Å². The monoisotopic (exact) mass is 501 g/mol. The fourth-order valence-corrected chi connectivity index (χ4v) is 5.60. The summed E-state index contributed by atoms with van der Waals surface area (Å²) in [6, 6.07) is 26.3. The van der Waals surface area contributed by atoms with Crippen LogP contribution in [0, 0.1) is 0 Å². The third-order valence-corrected chi connectivity index (χ3v) is 7.57. The van der Waals surface area contributed by atoms with Crippen LogP contribution in [0.5, 0.6) is 0 Å². The van der Waals surface area contributed by atoms with Crippen molar-refractivity contribution in [3.8, 4) is 0 Å². The van der Waals surface area contributed by atoms with Crippen LogP contribution in [0.4, 0.5) is 17.2 Å². The predicted octanol–water partition coefficient (Wildman–Crippen LogP) is 5.07. The minimum Gasteiger partial charge on any atom is -0.481 e. The van der Waals surface area contributed by atoms with Crippen molar-refractivity contribution in [3.63, 3.8) is 0 Å². The number of carboxylic acids is 1. The molecule has 8 nitrogen and oxygen atoms in total. The fraction of sp³-hybridized carbons (Fsp3) is 0.0741. The number of nitrogens with one attached hydrogen (secondary N) is 2. The number of hydrogen-bond acceptors (Lipinski definition) is 6. The van der Waals surface area contributed by atoms with E-state index in [2.05, 4.69) is 15.6 Å². The van der Waals surface area contributed by atoms with Crippen molar-refractivity contribution < 1.29 is 23.1 Å². The largest absolute Gasteiger partial charge is 0.481 e. The zero-order valence-electron chi connectivity index (χ0n) is 19.0. The molecule has 0 aliphatic heterocycles. The van der Waals surface area contributed by atoms with Gasteiger partial charge in [0.2, 0.25) is 0 Å². The summed E-state index contributed by atoms with van der Waals surface area (Å²) < 4.78 is 27.3. The molecule has 9 heteroatoms. The number of pyridine rings is 1. The summed E-state index contributed by atoms with van der Waals surface area (Å²) in [5.74, 6) is -1.15. The number of benzene rings is 3. The van der Waals surface area contributed by atoms with E-state index in [-0.39, 0.29) is 10.6 Å². The highest BCUT2D eigenvalue weighted by atomic mass is 32.2. The SMILES string of the molecule is O=C(O)CC(c1ccccc1)S(=O)(=O)c1ccccc1NC(=O)c1cccc(Nc2ccccn2)c1. The summed E-state index contributed by atoms with van der Waals surface area (Å²) in [6.45, 7) is 0. The Bertz CT molecular complexity index is 1480. The standard InChI is InChI=1S/C27H23N3O5S/c31-26(32)18-24(19-9-2-1-3-10-19)36(34,35)23-14-5-4-13-22(23)30-27(33)20-11-8-12-21(17-20)29-25-15-6-7-16-28-25/h1-17,24H,18H2,(H,28,29)(H,30,33)(H,31,32). The first-order chi connectivity index (χ1) is 17.3. The van der Waals surface area contributed by atoms with Gasteiger partial charge in [0.15, 0.2) is 9.84 Å². The van der Waals surface area contributed by atoms with Crippen LogP contribution in [0.2, 0.25) is 0 Å². The van der Waals surface area contributed by atoms with Crippen molar-refractivity contribution in [3.05, 3.63) is 114 Å². The molecule has 36 heavy (non-hydrogen) atoms. The number of nitrogens with zero attached hydrogens (tertiary/aromatic N) is 1. The number of amides is 1. The topological polar surface area (TPSA) is 125 Å². The van der Waals surface area contributed by atoms with E-state index in [1.54, 1.807) is 79.0 Å². The van der Waals surface area contributed by atoms with Crippen molar-refractivity contribution in [2.24, 2.45) is 0 Å². The Morgan fingerprint density at radius 3 is 2.31 bits per heavy atom. The molecule has 1 heterocycles. The lowest BCUT2D eigenvalue weighted by Gasteiger charge is -2.19. The summed E-state index contributed by atoms with van der Waals surface area (Å²) >= 11 is 0. The molecular weight excluding hydrogens is 478 g/mol. The Morgan fingerprint density at radius 1 is 0.861 bits per heavy atom. The van der Waals surface area contributed by atoms with E-state index in [4.69, 9.17) is 0 Å². The third-order valence-electron chi connectivity index (χ3n) is 5.41. The number of carbonyl (C=O) groups is 2. The van der Waals surface area contributed by atoms with Crippen LogP contribution >= 0.6 is 0 Å².